The summed E-state index contributed by atoms with van der Waals surface area (Å²) in [6, 6.07) is 3.66. The number of nitrogens with zero attached hydrogens (tertiary/aromatic N) is 2. The average molecular weight is 249 g/mol. The van der Waals surface area contributed by atoms with E-state index < -0.39 is 0 Å². The molecule has 1 aliphatic heterocycles. The van der Waals surface area contributed by atoms with E-state index in [4.69, 9.17) is 4.74 Å². The Morgan fingerprint density at radius 3 is 3.22 bits per heavy atom. The predicted octanol–water partition coefficient (Wildman–Crippen LogP) is 0.672. The van der Waals surface area contributed by atoms with Gasteiger partial charge in [-0.2, -0.15) is 0 Å². The van der Waals surface area contributed by atoms with Gasteiger partial charge >= 0.3 is 0 Å². The number of pyridine rings is 1. The highest BCUT2D eigenvalue weighted by Crippen LogP contribution is 2.07. The molecule has 5 nitrogen and oxygen atoms in total. The summed E-state index contributed by atoms with van der Waals surface area (Å²) in [5.74, 6) is 0.880. The Balaban J connectivity index is 1.71. The van der Waals surface area contributed by atoms with E-state index in [0.717, 1.165) is 32.6 Å². The molecule has 98 valence electrons. The van der Waals surface area contributed by atoms with Crippen molar-refractivity contribution in [2.45, 2.75) is 12.8 Å². The van der Waals surface area contributed by atoms with Gasteiger partial charge in [0.05, 0.1) is 19.2 Å². The molecule has 1 N–H and O–H groups in total. The molecule has 0 saturated carbocycles. The van der Waals surface area contributed by atoms with Gasteiger partial charge in [-0.05, 0) is 25.1 Å². The summed E-state index contributed by atoms with van der Waals surface area (Å²) in [4.78, 5) is 17.8. The molecular formula is C13H19N3O2. The van der Waals surface area contributed by atoms with Gasteiger partial charge in [-0.15, -0.1) is 0 Å². The Hall–Kier alpha value is -1.62. The molecule has 1 aromatic rings. The summed E-state index contributed by atoms with van der Waals surface area (Å²) in [6.07, 6.45) is 4.80. The Morgan fingerprint density at radius 1 is 1.44 bits per heavy atom. The summed E-state index contributed by atoms with van der Waals surface area (Å²) >= 11 is 0. The van der Waals surface area contributed by atoms with Crippen LogP contribution in [-0.4, -0.2) is 48.6 Å². The van der Waals surface area contributed by atoms with Crippen molar-refractivity contribution in [2.75, 3.05) is 32.8 Å². The Kier molecular flexibility index (Phi) is 4.96. The van der Waals surface area contributed by atoms with Crippen LogP contribution in [0.15, 0.2) is 24.5 Å². The quantitative estimate of drug-likeness (QED) is 0.852. The van der Waals surface area contributed by atoms with Crippen LogP contribution in [0.4, 0.5) is 0 Å². The lowest BCUT2D eigenvalue weighted by Crippen LogP contribution is -2.34. The van der Waals surface area contributed by atoms with Crippen molar-refractivity contribution >= 4 is 5.91 Å². The van der Waals surface area contributed by atoms with Crippen LogP contribution < -0.4 is 10.1 Å². The van der Waals surface area contributed by atoms with E-state index in [2.05, 4.69) is 10.3 Å². The van der Waals surface area contributed by atoms with Gasteiger partial charge in [-0.3, -0.25) is 9.78 Å². The van der Waals surface area contributed by atoms with Crippen LogP contribution in [0.3, 0.4) is 0 Å². The van der Waals surface area contributed by atoms with Gasteiger partial charge < -0.3 is 15.0 Å². The van der Waals surface area contributed by atoms with Crippen LogP contribution in [0, 0.1) is 0 Å². The number of amides is 1. The molecule has 0 aromatic carbocycles. The van der Waals surface area contributed by atoms with Crippen LogP contribution >= 0.6 is 0 Å². The Morgan fingerprint density at radius 2 is 2.39 bits per heavy atom. The van der Waals surface area contributed by atoms with E-state index in [1.165, 1.54) is 0 Å². The lowest BCUT2D eigenvalue weighted by Gasteiger charge is -2.19. The van der Waals surface area contributed by atoms with Crippen molar-refractivity contribution in [3.8, 4) is 5.75 Å². The summed E-state index contributed by atoms with van der Waals surface area (Å²) in [5.41, 5.74) is 0. The van der Waals surface area contributed by atoms with Crippen molar-refractivity contribution in [1.29, 1.82) is 0 Å². The highest BCUT2D eigenvalue weighted by Gasteiger charge is 2.14. The number of rotatable bonds is 4. The molecule has 0 bridgehead atoms. The molecule has 1 aromatic heterocycles. The van der Waals surface area contributed by atoms with Gasteiger partial charge in [0, 0.05) is 25.8 Å². The highest BCUT2D eigenvalue weighted by atomic mass is 16.5. The predicted molar refractivity (Wildman–Crippen MR) is 68.4 cm³/mol. The van der Waals surface area contributed by atoms with E-state index in [-0.39, 0.29) is 5.91 Å². The summed E-state index contributed by atoms with van der Waals surface area (Å²) in [6.45, 7) is 3.93. The number of hydrogen-bond acceptors (Lipinski definition) is 4. The van der Waals surface area contributed by atoms with Gasteiger partial charge in [0.2, 0.25) is 5.91 Å². The van der Waals surface area contributed by atoms with Crippen LogP contribution in [0.2, 0.25) is 0 Å². The number of nitrogens with one attached hydrogen (secondary N) is 1. The van der Waals surface area contributed by atoms with Crippen molar-refractivity contribution in [3.63, 3.8) is 0 Å². The molecule has 2 rings (SSSR count). The molecule has 2 heterocycles. The SMILES string of the molecule is O=C(CCOc1cccnc1)N1CCCNCC1. The van der Waals surface area contributed by atoms with Gasteiger partial charge in [0.15, 0.2) is 0 Å². The molecule has 1 fully saturated rings. The van der Waals surface area contributed by atoms with Crippen molar-refractivity contribution in [2.24, 2.45) is 0 Å². The smallest absolute Gasteiger partial charge is 0.226 e. The fourth-order valence-electron chi connectivity index (χ4n) is 1.94. The van der Waals surface area contributed by atoms with E-state index in [0.29, 0.717) is 18.8 Å². The third kappa shape index (κ3) is 4.00. The first kappa shape index (κ1) is 12.8. The van der Waals surface area contributed by atoms with E-state index in [1.807, 2.05) is 17.0 Å². The number of aromatic nitrogens is 1. The lowest BCUT2D eigenvalue weighted by atomic mass is 10.3. The van der Waals surface area contributed by atoms with Gasteiger partial charge in [0.1, 0.15) is 5.75 Å². The molecule has 1 amide bonds. The summed E-state index contributed by atoms with van der Waals surface area (Å²) < 4.78 is 5.47. The number of ether oxygens (including phenoxy) is 1. The minimum atomic E-state index is 0.169. The van der Waals surface area contributed by atoms with Crippen molar-refractivity contribution in [3.05, 3.63) is 24.5 Å². The van der Waals surface area contributed by atoms with E-state index in [1.54, 1.807) is 12.4 Å². The number of carbonyl (C=O) groups is 1. The average Bonchev–Trinajstić information content (AvgIpc) is 2.69. The van der Waals surface area contributed by atoms with Crippen molar-refractivity contribution < 1.29 is 9.53 Å². The molecule has 0 aliphatic carbocycles. The third-order valence-electron chi connectivity index (χ3n) is 2.91. The molecule has 18 heavy (non-hydrogen) atoms. The first-order valence-corrected chi connectivity index (χ1v) is 6.37. The Bertz CT molecular complexity index is 362. The van der Waals surface area contributed by atoms with Gasteiger partial charge in [-0.25, -0.2) is 0 Å². The summed E-state index contributed by atoms with van der Waals surface area (Å²) in [5, 5.41) is 3.28. The molecule has 0 unspecified atom stereocenters. The van der Waals surface area contributed by atoms with E-state index in [9.17, 15) is 4.79 Å². The molecular weight excluding hydrogens is 230 g/mol. The van der Waals surface area contributed by atoms with Crippen LogP contribution in [-0.2, 0) is 4.79 Å². The minimum absolute atomic E-state index is 0.169. The standard InChI is InChI=1S/C13H19N3O2/c17-13(16-8-2-6-14-7-9-16)4-10-18-12-3-1-5-15-11-12/h1,3,5,11,14H,2,4,6-10H2. The van der Waals surface area contributed by atoms with Gasteiger partial charge in [-0.1, -0.05) is 0 Å². The monoisotopic (exact) mass is 249 g/mol. The normalized spacial score (nSPS) is 16.1. The minimum Gasteiger partial charge on any atom is -0.491 e. The maximum absolute atomic E-state index is 11.9. The van der Waals surface area contributed by atoms with Crippen LogP contribution in [0.5, 0.6) is 5.75 Å². The maximum atomic E-state index is 11.9. The topological polar surface area (TPSA) is 54.5 Å². The molecule has 1 aliphatic rings. The molecule has 5 heteroatoms. The van der Waals surface area contributed by atoms with Crippen molar-refractivity contribution in [1.82, 2.24) is 15.2 Å². The van der Waals surface area contributed by atoms with E-state index >= 15 is 0 Å². The first-order chi connectivity index (χ1) is 8.86. The Labute approximate surface area is 107 Å². The zero-order chi connectivity index (χ0) is 12.6. The lowest BCUT2D eigenvalue weighted by molar-refractivity contribution is -0.131. The molecule has 0 radical (unpaired) electrons. The molecule has 0 atom stereocenters. The van der Waals surface area contributed by atoms with Crippen LogP contribution in [0.25, 0.3) is 0 Å². The fraction of sp³-hybridized carbons (Fsp3) is 0.538. The second-order valence-electron chi connectivity index (χ2n) is 4.27. The number of carbonyl (C=O) groups excluding carboxylic acids is 1. The highest BCUT2D eigenvalue weighted by molar-refractivity contribution is 5.76. The fourth-order valence-corrected chi connectivity index (χ4v) is 1.94. The molecule has 0 spiro atoms. The molecule has 1 saturated heterocycles. The zero-order valence-corrected chi connectivity index (χ0v) is 10.5. The largest absolute Gasteiger partial charge is 0.491 e. The third-order valence-corrected chi connectivity index (χ3v) is 2.91. The second kappa shape index (κ2) is 6.96. The summed E-state index contributed by atoms with van der Waals surface area (Å²) in [7, 11) is 0. The number of hydrogen-bond donors (Lipinski definition) is 1. The zero-order valence-electron chi connectivity index (χ0n) is 10.5. The van der Waals surface area contributed by atoms with Gasteiger partial charge in [0.25, 0.3) is 0 Å². The van der Waals surface area contributed by atoms with Crippen LogP contribution in [0.1, 0.15) is 12.8 Å². The first-order valence-electron chi connectivity index (χ1n) is 6.37. The second-order valence-corrected chi connectivity index (χ2v) is 4.27. The maximum Gasteiger partial charge on any atom is 0.226 e.